The Bertz CT molecular complexity index is 807. The van der Waals surface area contributed by atoms with Gasteiger partial charge in [-0.15, -0.1) is 0 Å². The maximum Gasteiger partial charge on any atom is 0.141 e. The highest BCUT2D eigenvalue weighted by Gasteiger charge is 2.09. The van der Waals surface area contributed by atoms with Gasteiger partial charge < -0.3 is 10.5 Å². The van der Waals surface area contributed by atoms with Crippen molar-refractivity contribution in [1.82, 2.24) is 4.98 Å². The van der Waals surface area contributed by atoms with Crippen molar-refractivity contribution in [3.05, 3.63) is 64.5 Å². The van der Waals surface area contributed by atoms with E-state index < -0.39 is 0 Å². The van der Waals surface area contributed by atoms with Crippen molar-refractivity contribution in [2.24, 2.45) is 5.73 Å². The van der Waals surface area contributed by atoms with Crippen LogP contribution in [0.3, 0.4) is 0 Å². The van der Waals surface area contributed by atoms with E-state index in [2.05, 4.69) is 20.9 Å². The van der Waals surface area contributed by atoms with Crippen LogP contribution in [0.1, 0.15) is 5.69 Å². The number of aromatic nitrogens is 1. The number of fused-ring (bicyclic) bond motifs is 1. The first-order valence-corrected chi connectivity index (χ1v) is 7.18. The van der Waals surface area contributed by atoms with E-state index in [9.17, 15) is 4.39 Å². The SMILES string of the molecule is NCc1cc(Oc2ccc(F)cc2Br)c2ccccc2n1. The van der Waals surface area contributed by atoms with Crippen LogP contribution in [0.4, 0.5) is 4.39 Å². The van der Waals surface area contributed by atoms with Crippen molar-refractivity contribution in [3.63, 3.8) is 0 Å². The van der Waals surface area contributed by atoms with Crippen LogP contribution in [-0.2, 0) is 6.54 Å². The number of rotatable bonds is 3. The largest absolute Gasteiger partial charge is 0.455 e. The Hall–Kier alpha value is -1.98. The van der Waals surface area contributed by atoms with Crippen molar-refractivity contribution in [1.29, 1.82) is 0 Å². The molecule has 2 aromatic carbocycles. The minimum absolute atomic E-state index is 0.323. The number of para-hydroxylation sites is 1. The fourth-order valence-corrected chi connectivity index (χ4v) is 2.49. The Labute approximate surface area is 129 Å². The molecule has 106 valence electrons. The number of nitrogens with zero attached hydrogens (tertiary/aromatic N) is 1. The van der Waals surface area contributed by atoms with Gasteiger partial charge in [-0.05, 0) is 46.3 Å². The van der Waals surface area contributed by atoms with Crippen LogP contribution in [0.5, 0.6) is 11.5 Å². The van der Waals surface area contributed by atoms with Crippen LogP contribution in [0, 0.1) is 5.82 Å². The zero-order valence-corrected chi connectivity index (χ0v) is 12.6. The topological polar surface area (TPSA) is 48.1 Å². The van der Waals surface area contributed by atoms with Crippen molar-refractivity contribution >= 4 is 26.8 Å². The molecule has 3 rings (SSSR count). The lowest BCUT2D eigenvalue weighted by atomic mass is 10.2. The fourth-order valence-electron chi connectivity index (χ4n) is 2.06. The first-order chi connectivity index (χ1) is 10.2. The minimum Gasteiger partial charge on any atom is -0.455 e. The number of ether oxygens (including phenoxy) is 1. The van der Waals surface area contributed by atoms with Gasteiger partial charge in [-0.25, -0.2) is 4.39 Å². The third-order valence-corrected chi connectivity index (χ3v) is 3.67. The molecular formula is C16H12BrFN2O. The molecule has 5 heteroatoms. The summed E-state index contributed by atoms with van der Waals surface area (Å²) in [6, 6.07) is 13.8. The van der Waals surface area contributed by atoms with E-state index in [4.69, 9.17) is 10.5 Å². The van der Waals surface area contributed by atoms with Gasteiger partial charge in [0.1, 0.15) is 17.3 Å². The van der Waals surface area contributed by atoms with Gasteiger partial charge in [-0.2, -0.15) is 0 Å². The summed E-state index contributed by atoms with van der Waals surface area (Å²) in [6.07, 6.45) is 0. The molecule has 0 aliphatic rings. The van der Waals surface area contributed by atoms with Crippen molar-refractivity contribution in [2.75, 3.05) is 0 Å². The normalized spacial score (nSPS) is 10.8. The van der Waals surface area contributed by atoms with Gasteiger partial charge in [0.2, 0.25) is 0 Å². The lowest BCUT2D eigenvalue weighted by Crippen LogP contribution is -2.00. The summed E-state index contributed by atoms with van der Waals surface area (Å²) >= 11 is 3.30. The Morgan fingerprint density at radius 2 is 1.90 bits per heavy atom. The van der Waals surface area contributed by atoms with Gasteiger partial charge in [-0.1, -0.05) is 12.1 Å². The molecule has 0 saturated heterocycles. The van der Waals surface area contributed by atoms with Crippen molar-refractivity contribution in [3.8, 4) is 11.5 Å². The maximum absolute atomic E-state index is 13.1. The quantitative estimate of drug-likeness (QED) is 0.765. The van der Waals surface area contributed by atoms with E-state index in [1.54, 1.807) is 12.1 Å². The Morgan fingerprint density at radius 3 is 2.67 bits per heavy atom. The zero-order valence-electron chi connectivity index (χ0n) is 11.0. The molecule has 0 aliphatic heterocycles. The lowest BCUT2D eigenvalue weighted by molar-refractivity contribution is 0.481. The van der Waals surface area contributed by atoms with Crippen LogP contribution in [0.2, 0.25) is 0 Å². The number of hydrogen-bond acceptors (Lipinski definition) is 3. The van der Waals surface area contributed by atoms with Crippen LogP contribution in [0.25, 0.3) is 10.9 Å². The number of pyridine rings is 1. The average molecular weight is 347 g/mol. The first kappa shape index (κ1) is 14.0. The molecule has 1 heterocycles. The first-order valence-electron chi connectivity index (χ1n) is 6.39. The van der Waals surface area contributed by atoms with Crippen LogP contribution < -0.4 is 10.5 Å². The molecule has 0 atom stereocenters. The molecule has 0 bridgehead atoms. The van der Waals surface area contributed by atoms with Gasteiger partial charge in [0.15, 0.2) is 0 Å². The van der Waals surface area contributed by atoms with Crippen LogP contribution in [0.15, 0.2) is 53.0 Å². The highest BCUT2D eigenvalue weighted by molar-refractivity contribution is 9.10. The number of hydrogen-bond donors (Lipinski definition) is 1. The molecule has 1 aromatic heterocycles. The summed E-state index contributed by atoms with van der Waals surface area (Å²) in [6.45, 7) is 0.325. The van der Waals surface area contributed by atoms with Crippen molar-refractivity contribution in [2.45, 2.75) is 6.54 Å². The second kappa shape index (κ2) is 5.79. The summed E-state index contributed by atoms with van der Waals surface area (Å²) in [5, 5.41) is 0.880. The van der Waals surface area contributed by atoms with Gasteiger partial charge in [0.25, 0.3) is 0 Å². The molecule has 0 aliphatic carbocycles. The molecule has 3 nitrogen and oxygen atoms in total. The third kappa shape index (κ3) is 2.89. The molecule has 0 radical (unpaired) electrons. The Kier molecular flexibility index (Phi) is 3.86. The zero-order chi connectivity index (χ0) is 14.8. The van der Waals surface area contributed by atoms with Gasteiger partial charge in [-0.3, -0.25) is 4.98 Å². The lowest BCUT2D eigenvalue weighted by Gasteiger charge is -2.11. The summed E-state index contributed by atoms with van der Waals surface area (Å²) in [7, 11) is 0. The molecule has 0 saturated carbocycles. The van der Waals surface area contributed by atoms with E-state index in [0.29, 0.717) is 22.5 Å². The smallest absolute Gasteiger partial charge is 0.141 e. The molecule has 0 fully saturated rings. The molecule has 2 N–H and O–H groups in total. The molecule has 3 aromatic rings. The molecule has 21 heavy (non-hydrogen) atoms. The third-order valence-electron chi connectivity index (χ3n) is 3.05. The minimum atomic E-state index is -0.323. The fraction of sp³-hybridized carbons (Fsp3) is 0.0625. The number of nitrogens with two attached hydrogens (primary N) is 1. The van der Waals surface area contributed by atoms with E-state index in [0.717, 1.165) is 16.6 Å². The Balaban J connectivity index is 2.10. The summed E-state index contributed by atoms with van der Waals surface area (Å²) < 4.78 is 19.6. The maximum atomic E-state index is 13.1. The highest BCUT2D eigenvalue weighted by Crippen LogP contribution is 2.34. The van der Waals surface area contributed by atoms with Crippen LogP contribution in [-0.4, -0.2) is 4.98 Å². The van der Waals surface area contributed by atoms with E-state index in [1.807, 2.05) is 24.3 Å². The van der Waals surface area contributed by atoms with E-state index in [1.165, 1.54) is 12.1 Å². The highest BCUT2D eigenvalue weighted by atomic mass is 79.9. The van der Waals surface area contributed by atoms with Crippen molar-refractivity contribution < 1.29 is 9.13 Å². The molecular weight excluding hydrogens is 335 g/mol. The number of benzene rings is 2. The standard InChI is InChI=1S/C16H12BrFN2O/c17-13-7-10(18)5-6-15(13)21-16-8-11(9-19)20-14-4-2-1-3-12(14)16/h1-8H,9,19H2. The second-order valence-electron chi connectivity index (χ2n) is 4.51. The van der Waals surface area contributed by atoms with E-state index >= 15 is 0 Å². The summed E-state index contributed by atoms with van der Waals surface area (Å²) in [4.78, 5) is 4.46. The summed E-state index contributed by atoms with van der Waals surface area (Å²) in [5.41, 5.74) is 7.23. The number of halogens is 2. The summed E-state index contributed by atoms with van der Waals surface area (Å²) in [5.74, 6) is 0.862. The van der Waals surface area contributed by atoms with E-state index in [-0.39, 0.29) is 5.82 Å². The average Bonchev–Trinajstić information content (AvgIpc) is 2.49. The molecule has 0 amide bonds. The molecule has 0 unspecified atom stereocenters. The van der Waals surface area contributed by atoms with Gasteiger partial charge >= 0.3 is 0 Å². The Morgan fingerprint density at radius 1 is 1.10 bits per heavy atom. The predicted octanol–water partition coefficient (Wildman–Crippen LogP) is 4.39. The predicted molar refractivity (Wildman–Crippen MR) is 83.8 cm³/mol. The second-order valence-corrected chi connectivity index (χ2v) is 5.36. The van der Waals surface area contributed by atoms with Gasteiger partial charge in [0.05, 0.1) is 15.7 Å². The molecule has 0 spiro atoms. The monoisotopic (exact) mass is 346 g/mol. The van der Waals surface area contributed by atoms with Gasteiger partial charge in [0, 0.05) is 18.0 Å². The van der Waals surface area contributed by atoms with Crippen LogP contribution >= 0.6 is 15.9 Å².